The average molecular weight is 506 g/mol. The maximum absolute atomic E-state index is 15.0. The van der Waals surface area contributed by atoms with Crippen molar-refractivity contribution < 1.29 is 41.4 Å². The molecule has 1 amide bonds. The first-order chi connectivity index (χ1) is 16.9. The standard InChI is InChI=1S/C25H22F4N2O5/c1-12-16(19-13(2)34-22(33)23(19,21(30)32)11-24(12,26)27)9-8-15-7-6-14(10-31-15)17-4-3-5-18-20(17)36-25(28,29)35-18/h3-10,12-13,16,19H,11H2,1-2H3,(H2,30,32)/t12-,13+,16-,19-,23+/m0/s1. The van der Waals surface area contributed by atoms with Crippen LogP contribution in [0, 0.1) is 23.2 Å². The van der Waals surface area contributed by atoms with E-state index in [0.717, 1.165) is 0 Å². The second kappa shape index (κ2) is 7.94. The molecule has 2 aromatic rings. The lowest BCUT2D eigenvalue weighted by molar-refractivity contribution is -0.286. The molecule has 3 heterocycles. The Morgan fingerprint density at radius 2 is 1.89 bits per heavy atom. The van der Waals surface area contributed by atoms with Crippen molar-refractivity contribution in [1.82, 2.24) is 4.98 Å². The van der Waals surface area contributed by atoms with E-state index in [1.165, 1.54) is 37.4 Å². The summed E-state index contributed by atoms with van der Waals surface area (Å²) in [4.78, 5) is 29.1. The summed E-state index contributed by atoms with van der Waals surface area (Å²) in [5.74, 6) is -8.67. The van der Waals surface area contributed by atoms with Gasteiger partial charge in [0.25, 0.3) is 5.92 Å². The van der Waals surface area contributed by atoms with Crippen LogP contribution in [0.25, 0.3) is 17.2 Å². The Morgan fingerprint density at radius 3 is 2.56 bits per heavy atom. The molecule has 5 rings (SSSR count). The van der Waals surface area contributed by atoms with E-state index in [1.54, 1.807) is 25.1 Å². The molecule has 5 atom stereocenters. The molecule has 1 aromatic carbocycles. The highest BCUT2D eigenvalue weighted by Gasteiger charge is 2.70. The highest BCUT2D eigenvalue weighted by molar-refractivity contribution is 6.04. The molecule has 3 aliphatic rings. The van der Waals surface area contributed by atoms with Gasteiger partial charge in [-0.2, -0.15) is 0 Å². The van der Waals surface area contributed by atoms with E-state index in [2.05, 4.69) is 14.5 Å². The quantitative estimate of drug-likeness (QED) is 0.375. The number of rotatable bonds is 4. The number of primary amides is 1. The van der Waals surface area contributed by atoms with Crippen LogP contribution in [0.2, 0.25) is 0 Å². The lowest BCUT2D eigenvalue weighted by Gasteiger charge is -2.46. The van der Waals surface area contributed by atoms with Gasteiger partial charge in [-0.1, -0.05) is 31.2 Å². The Kier molecular flexibility index (Phi) is 5.31. The van der Waals surface area contributed by atoms with Crippen molar-refractivity contribution in [3.05, 3.63) is 48.3 Å². The molecule has 1 saturated carbocycles. The minimum absolute atomic E-state index is 0.103. The van der Waals surface area contributed by atoms with Gasteiger partial charge in [0, 0.05) is 35.6 Å². The minimum atomic E-state index is -3.77. The van der Waals surface area contributed by atoms with Crippen LogP contribution >= 0.6 is 0 Å². The summed E-state index contributed by atoms with van der Waals surface area (Å²) in [6.07, 6.45) is -1.11. The molecule has 1 aromatic heterocycles. The topological polar surface area (TPSA) is 101 Å². The average Bonchev–Trinajstić information content (AvgIpc) is 3.25. The summed E-state index contributed by atoms with van der Waals surface area (Å²) >= 11 is 0. The molecule has 7 nitrogen and oxygen atoms in total. The van der Waals surface area contributed by atoms with Gasteiger partial charge in [0.05, 0.1) is 5.69 Å². The molecule has 2 aliphatic heterocycles. The number of esters is 1. The van der Waals surface area contributed by atoms with Crippen LogP contribution < -0.4 is 15.2 Å². The molecule has 190 valence electrons. The summed E-state index contributed by atoms with van der Waals surface area (Å²) < 4.78 is 71.3. The van der Waals surface area contributed by atoms with E-state index in [1.807, 2.05) is 0 Å². The summed E-state index contributed by atoms with van der Waals surface area (Å²) in [5, 5.41) is 0. The zero-order chi connectivity index (χ0) is 26.0. The molecule has 0 unspecified atom stereocenters. The van der Waals surface area contributed by atoms with Crippen molar-refractivity contribution in [2.75, 3.05) is 0 Å². The normalized spacial score (nSPS) is 31.8. The van der Waals surface area contributed by atoms with Crippen LogP contribution in [0.3, 0.4) is 0 Å². The van der Waals surface area contributed by atoms with Crippen LogP contribution in [0.5, 0.6) is 11.5 Å². The third-order valence-corrected chi connectivity index (χ3v) is 7.36. The fourth-order valence-electron chi connectivity index (χ4n) is 5.55. The van der Waals surface area contributed by atoms with E-state index in [0.29, 0.717) is 16.8 Å². The minimum Gasteiger partial charge on any atom is -0.461 e. The molecule has 1 saturated heterocycles. The molecule has 1 aliphatic carbocycles. The number of halogens is 4. The fourth-order valence-corrected chi connectivity index (χ4v) is 5.55. The highest BCUT2D eigenvalue weighted by Crippen LogP contribution is 2.59. The monoisotopic (exact) mass is 506 g/mol. The van der Waals surface area contributed by atoms with E-state index in [4.69, 9.17) is 10.5 Å². The number of allylic oxidation sites excluding steroid dienone is 1. The van der Waals surface area contributed by atoms with Crippen LogP contribution in [0.4, 0.5) is 17.6 Å². The second-order valence-electron chi connectivity index (χ2n) is 9.41. The summed E-state index contributed by atoms with van der Waals surface area (Å²) in [7, 11) is 0. The van der Waals surface area contributed by atoms with E-state index in [9.17, 15) is 27.2 Å². The third-order valence-electron chi connectivity index (χ3n) is 7.36. The predicted octanol–water partition coefficient (Wildman–Crippen LogP) is 4.41. The number of fused-ring (bicyclic) bond motifs is 2. The van der Waals surface area contributed by atoms with Crippen LogP contribution in [-0.4, -0.2) is 35.2 Å². The maximum atomic E-state index is 15.0. The number of alkyl halides is 4. The van der Waals surface area contributed by atoms with E-state index >= 15 is 0 Å². The first-order valence-corrected chi connectivity index (χ1v) is 11.3. The number of carbonyl (C=O) groups is 2. The van der Waals surface area contributed by atoms with Crippen molar-refractivity contribution in [2.45, 2.75) is 38.6 Å². The number of cyclic esters (lactones) is 1. The molecular formula is C25H22F4N2O5. The van der Waals surface area contributed by atoms with Gasteiger partial charge in [0.15, 0.2) is 16.9 Å². The number of hydrogen-bond donors (Lipinski definition) is 1. The third kappa shape index (κ3) is 3.59. The number of para-hydroxylation sites is 1. The lowest BCUT2D eigenvalue weighted by Crippen LogP contribution is -2.58. The Hall–Kier alpha value is -3.63. The van der Waals surface area contributed by atoms with Gasteiger partial charge in [-0.15, -0.1) is 8.78 Å². The predicted molar refractivity (Wildman–Crippen MR) is 118 cm³/mol. The Bertz CT molecular complexity index is 1270. The summed E-state index contributed by atoms with van der Waals surface area (Å²) in [5.41, 5.74) is 4.57. The molecule has 2 N–H and O–H groups in total. The molecule has 0 radical (unpaired) electrons. The fraction of sp³-hybridized carbons (Fsp3) is 0.400. The number of benzene rings is 1. The van der Waals surface area contributed by atoms with Crippen molar-refractivity contribution in [2.24, 2.45) is 28.9 Å². The molecule has 0 bridgehead atoms. The summed E-state index contributed by atoms with van der Waals surface area (Å²) in [6.45, 7) is 2.92. The number of amides is 1. The van der Waals surface area contributed by atoms with E-state index < -0.39 is 59.8 Å². The Morgan fingerprint density at radius 1 is 1.14 bits per heavy atom. The zero-order valence-corrected chi connectivity index (χ0v) is 19.2. The van der Waals surface area contributed by atoms with Gasteiger partial charge in [-0.05, 0) is 31.1 Å². The van der Waals surface area contributed by atoms with Crippen LogP contribution in [0.1, 0.15) is 26.0 Å². The van der Waals surface area contributed by atoms with Crippen LogP contribution in [0.15, 0.2) is 42.6 Å². The van der Waals surface area contributed by atoms with Gasteiger partial charge in [0.1, 0.15) is 6.10 Å². The molecule has 36 heavy (non-hydrogen) atoms. The van der Waals surface area contributed by atoms with Crippen molar-refractivity contribution in [1.29, 1.82) is 0 Å². The van der Waals surface area contributed by atoms with Gasteiger partial charge < -0.3 is 19.9 Å². The number of nitrogens with two attached hydrogens (primary N) is 1. The number of nitrogens with zero attached hydrogens (tertiary/aromatic N) is 1. The molecular weight excluding hydrogens is 484 g/mol. The molecule has 2 fully saturated rings. The van der Waals surface area contributed by atoms with Crippen molar-refractivity contribution >= 4 is 18.0 Å². The lowest BCUT2D eigenvalue weighted by atomic mass is 9.56. The largest absolute Gasteiger partial charge is 0.586 e. The van der Waals surface area contributed by atoms with E-state index in [-0.39, 0.29) is 11.5 Å². The first kappa shape index (κ1) is 24.1. The van der Waals surface area contributed by atoms with Gasteiger partial charge in [-0.25, -0.2) is 8.78 Å². The van der Waals surface area contributed by atoms with Gasteiger partial charge in [0.2, 0.25) is 5.91 Å². The zero-order valence-electron chi connectivity index (χ0n) is 19.2. The molecule has 11 heteroatoms. The smallest absolute Gasteiger partial charge is 0.461 e. The number of ether oxygens (including phenoxy) is 3. The highest BCUT2D eigenvalue weighted by atomic mass is 19.3. The Balaban J connectivity index is 1.45. The molecule has 0 spiro atoms. The number of aromatic nitrogens is 1. The van der Waals surface area contributed by atoms with Gasteiger partial charge >= 0.3 is 12.3 Å². The van der Waals surface area contributed by atoms with Gasteiger partial charge in [-0.3, -0.25) is 14.6 Å². The first-order valence-electron chi connectivity index (χ1n) is 11.3. The van der Waals surface area contributed by atoms with Crippen LogP contribution in [-0.2, 0) is 14.3 Å². The van der Waals surface area contributed by atoms with Crippen molar-refractivity contribution in [3.8, 4) is 22.6 Å². The maximum Gasteiger partial charge on any atom is 0.586 e. The van der Waals surface area contributed by atoms with Crippen molar-refractivity contribution in [3.63, 3.8) is 0 Å². The number of pyridine rings is 1. The number of hydrogen-bond acceptors (Lipinski definition) is 6. The summed E-state index contributed by atoms with van der Waals surface area (Å²) in [6, 6.07) is 7.65. The Labute approximate surface area is 203 Å². The number of carbonyl (C=O) groups excluding carboxylic acids is 2. The SMILES string of the molecule is C[C@H]1OC(=O)[C@]2(C(N)=O)CC(F)(F)[C@@H](C)[C@H](C=Cc3ccc(-c4cccc5c4OC(F)(F)O5)cn3)[C@H]12. The second-order valence-corrected chi connectivity index (χ2v) is 9.41.